The molecule has 4 aromatic carbocycles. The average Bonchev–Trinajstić information content (AvgIpc) is 3.31. The Kier molecular flexibility index (Phi) is 7.53. The van der Waals surface area contributed by atoms with E-state index in [9.17, 15) is 5.26 Å². The fraction of sp³-hybridized carbons (Fsp3) is 0.0909. The van der Waals surface area contributed by atoms with Crippen molar-refractivity contribution in [2.45, 2.75) is 20.5 Å². The summed E-state index contributed by atoms with van der Waals surface area (Å²) in [4.78, 5) is 4.64. The second kappa shape index (κ2) is 11.3. The molecule has 0 spiro atoms. The molecule has 0 fully saturated rings. The molecule has 4 nitrogen and oxygen atoms in total. The standard InChI is InChI=1S/C33H25BrN2O2/c1-22-7-13-25(14-8-22)31-29(19-35)33(38-32(31)26-15-9-23(2)10-16-26)36-20-27-5-3-4-6-30(27)37-21-24-11-17-28(34)18-12-24/h3-18,20H,21H2,1-2H3. The highest BCUT2D eigenvalue weighted by Crippen LogP contribution is 2.42. The Morgan fingerprint density at radius 1 is 0.842 bits per heavy atom. The molecule has 0 aliphatic carbocycles. The van der Waals surface area contributed by atoms with Crippen LogP contribution < -0.4 is 4.74 Å². The van der Waals surface area contributed by atoms with Crippen molar-refractivity contribution in [3.8, 4) is 34.3 Å². The van der Waals surface area contributed by atoms with Gasteiger partial charge in [0.25, 0.3) is 0 Å². The van der Waals surface area contributed by atoms with E-state index >= 15 is 0 Å². The van der Waals surface area contributed by atoms with E-state index in [2.05, 4.69) is 27.0 Å². The Morgan fingerprint density at radius 3 is 2.13 bits per heavy atom. The number of hydrogen-bond donors (Lipinski definition) is 0. The number of nitriles is 1. The fourth-order valence-electron chi connectivity index (χ4n) is 4.11. The predicted molar refractivity (Wildman–Crippen MR) is 156 cm³/mol. The molecule has 1 aromatic heterocycles. The topological polar surface area (TPSA) is 58.5 Å². The van der Waals surface area contributed by atoms with Crippen LogP contribution in [0.3, 0.4) is 0 Å². The van der Waals surface area contributed by atoms with Gasteiger partial charge in [-0.3, -0.25) is 0 Å². The zero-order chi connectivity index (χ0) is 26.5. The van der Waals surface area contributed by atoms with E-state index in [1.165, 1.54) is 0 Å². The van der Waals surface area contributed by atoms with E-state index < -0.39 is 0 Å². The molecule has 5 heteroatoms. The van der Waals surface area contributed by atoms with Crippen LogP contribution in [0.4, 0.5) is 5.88 Å². The number of rotatable bonds is 7. The molecule has 0 bridgehead atoms. The van der Waals surface area contributed by atoms with Gasteiger partial charge in [0.05, 0.1) is 0 Å². The van der Waals surface area contributed by atoms with E-state index in [1.54, 1.807) is 6.21 Å². The van der Waals surface area contributed by atoms with Crippen molar-refractivity contribution in [1.29, 1.82) is 5.26 Å². The van der Waals surface area contributed by atoms with Crippen molar-refractivity contribution < 1.29 is 9.15 Å². The monoisotopic (exact) mass is 560 g/mol. The summed E-state index contributed by atoms with van der Waals surface area (Å²) in [6, 6.07) is 34.2. The zero-order valence-corrected chi connectivity index (χ0v) is 22.7. The lowest BCUT2D eigenvalue weighted by Gasteiger charge is -2.09. The molecule has 5 aromatic rings. The summed E-state index contributed by atoms with van der Waals surface area (Å²) in [6.07, 6.45) is 1.69. The van der Waals surface area contributed by atoms with Gasteiger partial charge in [-0.05, 0) is 49.2 Å². The average molecular weight is 561 g/mol. The summed E-state index contributed by atoms with van der Waals surface area (Å²) in [5.41, 5.74) is 7.08. The number of hydrogen-bond acceptors (Lipinski definition) is 4. The number of ether oxygens (including phenoxy) is 1. The van der Waals surface area contributed by atoms with Gasteiger partial charge < -0.3 is 9.15 Å². The van der Waals surface area contributed by atoms with Crippen molar-refractivity contribution in [3.63, 3.8) is 0 Å². The zero-order valence-electron chi connectivity index (χ0n) is 21.1. The Bertz CT molecular complexity index is 1630. The number of furan rings is 1. The number of halogens is 1. The summed E-state index contributed by atoms with van der Waals surface area (Å²) < 4.78 is 13.4. The summed E-state index contributed by atoms with van der Waals surface area (Å²) in [7, 11) is 0. The highest BCUT2D eigenvalue weighted by molar-refractivity contribution is 9.10. The first-order valence-corrected chi connectivity index (χ1v) is 13.0. The van der Waals surface area contributed by atoms with Gasteiger partial charge in [0.1, 0.15) is 29.7 Å². The third-order valence-electron chi connectivity index (χ3n) is 6.20. The lowest BCUT2D eigenvalue weighted by atomic mass is 9.97. The lowest BCUT2D eigenvalue weighted by Crippen LogP contribution is -1.98. The number of aryl methyl sites for hydroxylation is 2. The summed E-state index contributed by atoms with van der Waals surface area (Å²) in [5, 5.41) is 10.2. The van der Waals surface area contributed by atoms with Crippen LogP contribution in [0.5, 0.6) is 5.75 Å². The third-order valence-corrected chi connectivity index (χ3v) is 6.73. The van der Waals surface area contributed by atoms with Crippen LogP contribution in [0.15, 0.2) is 111 Å². The van der Waals surface area contributed by atoms with Crippen LogP contribution in [0, 0.1) is 25.2 Å². The van der Waals surface area contributed by atoms with Crippen molar-refractivity contribution in [2.24, 2.45) is 4.99 Å². The highest BCUT2D eigenvalue weighted by atomic mass is 79.9. The van der Waals surface area contributed by atoms with Crippen LogP contribution in [0.2, 0.25) is 0 Å². The Balaban J connectivity index is 1.52. The van der Waals surface area contributed by atoms with Gasteiger partial charge in [0, 0.05) is 27.4 Å². The molecule has 38 heavy (non-hydrogen) atoms. The molecule has 0 aliphatic rings. The SMILES string of the molecule is Cc1ccc(-c2oc(N=Cc3ccccc3OCc3ccc(Br)cc3)c(C#N)c2-c2ccc(C)cc2)cc1. The van der Waals surface area contributed by atoms with Crippen LogP contribution in [-0.4, -0.2) is 6.21 Å². The van der Waals surface area contributed by atoms with Gasteiger partial charge >= 0.3 is 0 Å². The van der Waals surface area contributed by atoms with Gasteiger partial charge in [-0.15, -0.1) is 0 Å². The van der Waals surface area contributed by atoms with Gasteiger partial charge in [-0.1, -0.05) is 99.9 Å². The Morgan fingerprint density at radius 2 is 1.47 bits per heavy atom. The molecule has 0 radical (unpaired) electrons. The molecule has 0 atom stereocenters. The fourth-order valence-corrected chi connectivity index (χ4v) is 4.37. The molecule has 1 heterocycles. The summed E-state index contributed by atoms with van der Waals surface area (Å²) in [5.74, 6) is 1.58. The van der Waals surface area contributed by atoms with Crippen molar-refractivity contribution in [3.05, 3.63) is 129 Å². The minimum atomic E-state index is 0.265. The molecule has 5 rings (SSSR count). The van der Waals surface area contributed by atoms with Gasteiger partial charge in [-0.2, -0.15) is 5.26 Å². The molecular formula is C33H25BrN2O2. The summed E-state index contributed by atoms with van der Waals surface area (Å²) >= 11 is 3.46. The molecule has 0 saturated carbocycles. The quantitative estimate of drug-likeness (QED) is 0.186. The second-order valence-electron chi connectivity index (χ2n) is 9.04. The number of para-hydroxylation sites is 1. The normalized spacial score (nSPS) is 11.0. The van der Waals surface area contributed by atoms with Crippen LogP contribution in [0.1, 0.15) is 27.8 Å². The first kappa shape index (κ1) is 25.3. The molecule has 0 aliphatic heterocycles. The maximum absolute atomic E-state index is 10.2. The van der Waals surface area contributed by atoms with E-state index in [4.69, 9.17) is 9.15 Å². The van der Waals surface area contributed by atoms with Gasteiger partial charge in [0.2, 0.25) is 5.88 Å². The van der Waals surface area contributed by atoms with Crippen molar-refractivity contribution in [2.75, 3.05) is 0 Å². The van der Waals surface area contributed by atoms with Crippen LogP contribution in [-0.2, 0) is 6.61 Å². The molecule has 0 amide bonds. The Labute approximate surface area is 231 Å². The van der Waals surface area contributed by atoms with E-state index in [1.807, 2.05) is 111 Å². The molecule has 0 N–H and O–H groups in total. The van der Waals surface area contributed by atoms with Crippen LogP contribution >= 0.6 is 15.9 Å². The first-order chi connectivity index (χ1) is 18.5. The maximum Gasteiger partial charge on any atom is 0.238 e. The maximum atomic E-state index is 10.2. The smallest absolute Gasteiger partial charge is 0.238 e. The lowest BCUT2D eigenvalue weighted by molar-refractivity contribution is 0.306. The van der Waals surface area contributed by atoms with E-state index in [-0.39, 0.29) is 5.88 Å². The molecule has 186 valence electrons. The van der Waals surface area contributed by atoms with Crippen molar-refractivity contribution >= 4 is 28.0 Å². The highest BCUT2D eigenvalue weighted by Gasteiger charge is 2.23. The largest absolute Gasteiger partial charge is 0.488 e. The van der Waals surface area contributed by atoms with E-state index in [0.29, 0.717) is 23.7 Å². The predicted octanol–water partition coefficient (Wildman–Crippen LogP) is 9.19. The number of nitrogens with zero attached hydrogens (tertiary/aromatic N) is 2. The molecule has 0 unspecified atom stereocenters. The van der Waals surface area contributed by atoms with Gasteiger partial charge in [0.15, 0.2) is 0 Å². The Hall–Kier alpha value is -4.40. The summed E-state index contributed by atoms with van der Waals surface area (Å²) in [6.45, 7) is 4.51. The molecular weight excluding hydrogens is 536 g/mol. The second-order valence-corrected chi connectivity index (χ2v) is 9.96. The van der Waals surface area contributed by atoms with Crippen LogP contribution in [0.25, 0.3) is 22.5 Å². The molecule has 0 saturated heterocycles. The van der Waals surface area contributed by atoms with E-state index in [0.717, 1.165) is 43.4 Å². The van der Waals surface area contributed by atoms with Crippen molar-refractivity contribution in [1.82, 2.24) is 0 Å². The van der Waals surface area contributed by atoms with Gasteiger partial charge in [-0.25, -0.2) is 4.99 Å². The minimum Gasteiger partial charge on any atom is -0.488 e. The first-order valence-electron chi connectivity index (χ1n) is 12.2. The third kappa shape index (κ3) is 5.61. The number of aliphatic imine (C=N–C) groups is 1. The number of benzene rings is 4. The minimum absolute atomic E-state index is 0.265.